The molecule has 0 aromatic heterocycles. The molecular weight excluding hydrogens is 647 g/mol. The third-order valence-electron chi connectivity index (χ3n) is 6.84. The van der Waals surface area contributed by atoms with Gasteiger partial charge >= 0.3 is 19.8 Å². The molecule has 0 saturated carbocycles. The number of hydrogen-bond acceptors (Lipinski definition) is 9. The quantitative estimate of drug-likeness (QED) is 0.0268. The Hall–Kier alpha value is -2.59. The van der Waals surface area contributed by atoms with Gasteiger partial charge in [-0.05, 0) is 64.2 Å². The maximum Gasteiger partial charge on any atom is 0.472 e. The number of phosphoric ester groups is 1. The van der Waals surface area contributed by atoms with Crippen LogP contribution >= 0.6 is 7.82 Å². The zero-order chi connectivity index (χ0) is 36.3. The van der Waals surface area contributed by atoms with Gasteiger partial charge in [0.25, 0.3) is 0 Å². The van der Waals surface area contributed by atoms with Crippen molar-refractivity contribution in [3.8, 4) is 0 Å². The van der Waals surface area contributed by atoms with Crippen molar-refractivity contribution < 1.29 is 47.8 Å². The van der Waals surface area contributed by atoms with Crippen LogP contribution in [0.1, 0.15) is 117 Å². The molecule has 0 aliphatic rings. The van der Waals surface area contributed by atoms with Crippen LogP contribution in [0.2, 0.25) is 0 Å². The van der Waals surface area contributed by atoms with Crippen LogP contribution in [0.3, 0.4) is 0 Å². The molecule has 0 aromatic rings. The van der Waals surface area contributed by atoms with E-state index < -0.39 is 51.8 Å². The minimum Gasteiger partial charge on any atom is -0.462 e. The Morgan fingerprint density at radius 3 is 1.78 bits per heavy atom. The fraction of sp³-hybridized carbons (Fsp3) is 0.632. The van der Waals surface area contributed by atoms with E-state index in [9.17, 15) is 24.2 Å². The van der Waals surface area contributed by atoms with Crippen molar-refractivity contribution in [2.45, 2.75) is 129 Å². The third-order valence-corrected chi connectivity index (χ3v) is 7.79. The lowest BCUT2D eigenvalue weighted by Gasteiger charge is -2.20. The van der Waals surface area contributed by atoms with E-state index in [0.29, 0.717) is 12.8 Å². The van der Waals surface area contributed by atoms with Gasteiger partial charge in [0.15, 0.2) is 6.10 Å². The van der Waals surface area contributed by atoms with Crippen LogP contribution in [0.25, 0.3) is 0 Å². The number of allylic oxidation sites excluding steroid dienone is 12. The van der Waals surface area contributed by atoms with Crippen molar-refractivity contribution in [2.24, 2.45) is 0 Å². The zero-order valence-corrected chi connectivity index (χ0v) is 30.8. The Kier molecular flexibility index (Phi) is 32.1. The van der Waals surface area contributed by atoms with Crippen LogP contribution in [0.5, 0.6) is 0 Å². The van der Waals surface area contributed by atoms with Crippen molar-refractivity contribution in [1.29, 1.82) is 0 Å². The number of carbonyl (C=O) groups excluding carboxylic acids is 2. The molecule has 49 heavy (non-hydrogen) atoms. The Morgan fingerprint density at radius 1 is 0.633 bits per heavy atom. The summed E-state index contributed by atoms with van der Waals surface area (Å²) in [7, 11) is -4.63. The Labute approximate surface area is 295 Å². The van der Waals surface area contributed by atoms with Gasteiger partial charge in [-0.2, -0.15) is 0 Å². The molecule has 280 valence electrons. The Morgan fingerprint density at radius 2 is 1.16 bits per heavy atom. The predicted molar refractivity (Wildman–Crippen MR) is 196 cm³/mol. The summed E-state index contributed by atoms with van der Waals surface area (Å²) in [5, 5.41) is 18.2. The molecule has 0 spiro atoms. The highest BCUT2D eigenvalue weighted by Crippen LogP contribution is 2.43. The molecule has 0 rings (SSSR count). The van der Waals surface area contributed by atoms with E-state index in [1.165, 1.54) is 6.42 Å². The fourth-order valence-corrected chi connectivity index (χ4v) is 4.89. The van der Waals surface area contributed by atoms with Crippen LogP contribution in [0.15, 0.2) is 72.9 Å². The van der Waals surface area contributed by atoms with Crippen LogP contribution in [-0.4, -0.2) is 65.7 Å². The molecule has 0 bridgehead atoms. The van der Waals surface area contributed by atoms with Gasteiger partial charge in [0.05, 0.1) is 19.8 Å². The monoisotopic (exact) mass is 710 g/mol. The molecule has 3 unspecified atom stereocenters. The van der Waals surface area contributed by atoms with E-state index in [4.69, 9.17) is 19.1 Å². The molecule has 3 atom stereocenters. The highest BCUT2D eigenvalue weighted by atomic mass is 31.2. The van der Waals surface area contributed by atoms with Gasteiger partial charge in [-0.3, -0.25) is 18.6 Å². The number of phosphoric acid groups is 1. The highest BCUT2D eigenvalue weighted by molar-refractivity contribution is 7.47. The van der Waals surface area contributed by atoms with Crippen molar-refractivity contribution in [2.75, 3.05) is 26.4 Å². The summed E-state index contributed by atoms with van der Waals surface area (Å²) in [5.74, 6) is -1.05. The van der Waals surface area contributed by atoms with Gasteiger partial charge in [0.2, 0.25) is 0 Å². The molecule has 0 heterocycles. The lowest BCUT2D eigenvalue weighted by molar-refractivity contribution is -0.161. The number of unbranched alkanes of at least 4 members (excludes halogenated alkanes) is 6. The molecule has 10 nitrogen and oxygen atoms in total. The van der Waals surface area contributed by atoms with Gasteiger partial charge in [-0.15, -0.1) is 0 Å². The summed E-state index contributed by atoms with van der Waals surface area (Å²) in [5.41, 5.74) is 0. The lowest BCUT2D eigenvalue weighted by Crippen LogP contribution is -2.29. The number of ether oxygens (including phenoxy) is 2. The summed E-state index contributed by atoms with van der Waals surface area (Å²) < 4.78 is 32.4. The van der Waals surface area contributed by atoms with Gasteiger partial charge in [0, 0.05) is 12.8 Å². The number of esters is 2. The Balaban J connectivity index is 4.56. The molecule has 11 heteroatoms. The van der Waals surface area contributed by atoms with Gasteiger partial charge in [0.1, 0.15) is 12.7 Å². The number of rotatable bonds is 32. The van der Waals surface area contributed by atoms with Gasteiger partial charge < -0.3 is 24.6 Å². The first-order valence-electron chi connectivity index (χ1n) is 17.9. The number of aliphatic hydroxyl groups excluding tert-OH is 2. The summed E-state index contributed by atoms with van der Waals surface area (Å²) in [4.78, 5) is 34.7. The van der Waals surface area contributed by atoms with Crippen molar-refractivity contribution >= 4 is 19.8 Å². The fourth-order valence-electron chi connectivity index (χ4n) is 4.10. The minimum absolute atomic E-state index is 0.0560. The normalized spacial score (nSPS) is 15.0. The number of carbonyl (C=O) groups is 2. The number of aliphatic hydroxyl groups is 2. The summed E-state index contributed by atoms with van der Waals surface area (Å²) in [6.45, 7) is 2.05. The zero-order valence-electron chi connectivity index (χ0n) is 29.9. The third kappa shape index (κ3) is 33.7. The first kappa shape index (κ1) is 46.4. The van der Waals surface area contributed by atoms with Gasteiger partial charge in [-0.1, -0.05) is 112 Å². The van der Waals surface area contributed by atoms with Crippen LogP contribution in [0, 0.1) is 0 Å². The van der Waals surface area contributed by atoms with Gasteiger partial charge in [-0.25, -0.2) is 4.57 Å². The summed E-state index contributed by atoms with van der Waals surface area (Å²) >= 11 is 0. The molecular formula is C38H63O10P. The molecule has 0 aliphatic heterocycles. The lowest BCUT2D eigenvalue weighted by atomic mass is 10.1. The minimum atomic E-state index is -4.63. The van der Waals surface area contributed by atoms with E-state index in [1.807, 2.05) is 18.2 Å². The first-order valence-corrected chi connectivity index (χ1v) is 19.4. The van der Waals surface area contributed by atoms with E-state index >= 15 is 0 Å². The second kappa shape index (κ2) is 33.9. The summed E-state index contributed by atoms with van der Waals surface area (Å²) in [6.07, 6.45) is 36.1. The van der Waals surface area contributed by atoms with E-state index in [0.717, 1.165) is 70.6 Å². The van der Waals surface area contributed by atoms with E-state index in [2.05, 4.69) is 73.1 Å². The molecule has 0 radical (unpaired) electrons. The number of hydrogen-bond donors (Lipinski definition) is 3. The summed E-state index contributed by atoms with van der Waals surface area (Å²) in [6, 6.07) is 0. The maximum atomic E-state index is 12.5. The van der Waals surface area contributed by atoms with Crippen molar-refractivity contribution in [3.63, 3.8) is 0 Å². The molecule has 0 fully saturated rings. The van der Waals surface area contributed by atoms with Crippen LogP contribution in [-0.2, 0) is 32.7 Å². The first-order chi connectivity index (χ1) is 23.7. The second-order valence-electron chi connectivity index (χ2n) is 11.5. The predicted octanol–water partition coefficient (Wildman–Crippen LogP) is 8.55. The molecule has 0 saturated heterocycles. The van der Waals surface area contributed by atoms with Crippen LogP contribution < -0.4 is 0 Å². The van der Waals surface area contributed by atoms with Crippen molar-refractivity contribution in [3.05, 3.63) is 72.9 Å². The van der Waals surface area contributed by atoms with E-state index in [1.54, 1.807) is 0 Å². The maximum absolute atomic E-state index is 12.5. The molecule has 3 N–H and O–H groups in total. The topological polar surface area (TPSA) is 149 Å². The smallest absolute Gasteiger partial charge is 0.462 e. The van der Waals surface area contributed by atoms with Crippen molar-refractivity contribution in [1.82, 2.24) is 0 Å². The SMILES string of the molecule is CC/C=C\C/C=C\C/C=C\C/C=C\CCC(=O)OC(COC(=O)CCCCCCC/C=C\C/C=C\CCC)COP(=O)(O)OCC(O)CO. The average Bonchev–Trinajstić information content (AvgIpc) is 3.09. The standard InChI is InChI=1S/C38H63O10P/c1-3-5-7-9-11-13-15-17-19-21-23-25-27-29-37(41)45-33-36(34-47-49(43,44)46-32-35(40)31-39)48-38(42)30-28-26-24-22-20-18-16-14-12-10-8-6-4-2/h6-9,12-15,18,20,24,26,35-36,39-40H,3-5,10-11,16-17,19,21-23,25,27-34H2,1-2H3,(H,43,44)/b8-6-,9-7-,14-12-,15-13-,20-18-,26-24-. The second-order valence-corrected chi connectivity index (χ2v) is 13.0. The van der Waals surface area contributed by atoms with E-state index in [-0.39, 0.29) is 19.4 Å². The largest absolute Gasteiger partial charge is 0.472 e. The highest BCUT2D eigenvalue weighted by Gasteiger charge is 2.27. The molecule has 0 aromatic carbocycles. The molecule has 0 aliphatic carbocycles. The molecule has 0 amide bonds. The average molecular weight is 711 g/mol. The van der Waals surface area contributed by atoms with Crippen LogP contribution in [0.4, 0.5) is 0 Å². The Bertz CT molecular complexity index is 1050.